The molecule has 4 nitrogen and oxygen atoms in total. The maximum atomic E-state index is 12.7. The number of alkyl halides is 6. The molecule has 0 aliphatic carbocycles. The van der Waals surface area contributed by atoms with Crippen molar-refractivity contribution in [1.29, 1.82) is 0 Å². The Morgan fingerprint density at radius 2 is 0.969 bits per heavy atom. The lowest BCUT2D eigenvalue weighted by Crippen LogP contribution is -2.32. The Kier molecular flexibility index (Phi) is 11.7. The molecule has 0 aliphatic rings. The second-order valence-corrected chi connectivity index (χ2v) is 21.1. The highest BCUT2D eigenvalue weighted by atomic mass is 28.3. The first-order chi connectivity index (χ1) is 14.2. The van der Waals surface area contributed by atoms with Gasteiger partial charge in [-0.2, -0.15) is 26.3 Å². The molecule has 0 fully saturated rings. The molecule has 0 radical (unpaired) electrons. The lowest BCUT2D eigenvalue weighted by molar-refractivity contribution is -0.143. The molecule has 188 valence electrons. The van der Waals surface area contributed by atoms with Gasteiger partial charge in [-0.3, -0.25) is 0 Å². The van der Waals surface area contributed by atoms with Crippen LogP contribution in [0.5, 0.6) is 0 Å². The van der Waals surface area contributed by atoms with E-state index < -0.39 is 64.4 Å². The summed E-state index contributed by atoms with van der Waals surface area (Å²) in [5.74, 6) is -1.80. The molecule has 0 saturated heterocycles. The zero-order valence-corrected chi connectivity index (χ0v) is 21.5. The molecule has 0 rings (SSSR count). The van der Waals surface area contributed by atoms with Crippen LogP contribution in [0.15, 0.2) is 12.2 Å². The number of hydrogen-bond acceptors (Lipinski definition) is 4. The smallest absolute Gasteiger partial charge is 0.389 e. The largest absolute Gasteiger partial charge is 0.463 e. The zero-order valence-electron chi connectivity index (χ0n) is 19.5. The van der Waals surface area contributed by atoms with E-state index in [2.05, 4.69) is 0 Å². The van der Waals surface area contributed by atoms with Gasteiger partial charge in [0.05, 0.1) is 13.2 Å². The van der Waals surface area contributed by atoms with Gasteiger partial charge in [0.25, 0.3) is 0 Å². The van der Waals surface area contributed by atoms with E-state index in [9.17, 15) is 35.9 Å². The molecular weight excluding hydrogens is 474 g/mol. The quantitative estimate of drug-likeness (QED) is 0.127. The van der Waals surface area contributed by atoms with Crippen LogP contribution < -0.4 is 0 Å². The van der Waals surface area contributed by atoms with Crippen molar-refractivity contribution < 1.29 is 45.4 Å². The van der Waals surface area contributed by atoms with Crippen LogP contribution in [-0.4, -0.2) is 53.7 Å². The average molecular weight is 509 g/mol. The van der Waals surface area contributed by atoms with Crippen molar-refractivity contribution in [3.8, 4) is 0 Å². The third-order valence-electron chi connectivity index (χ3n) is 5.18. The summed E-state index contributed by atoms with van der Waals surface area (Å²) in [4.78, 5) is 23.4. The van der Waals surface area contributed by atoms with Crippen LogP contribution in [0.4, 0.5) is 26.3 Å². The number of esters is 2. The van der Waals surface area contributed by atoms with Crippen molar-refractivity contribution in [1.82, 2.24) is 0 Å². The van der Waals surface area contributed by atoms with Crippen molar-refractivity contribution >= 4 is 28.1 Å². The Hall–Kier alpha value is -1.31. The molecule has 0 saturated carbocycles. The molecule has 0 N–H and O–H groups in total. The van der Waals surface area contributed by atoms with E-state index in [-0.39, 0.29) is 26.1 Å². The molecule has 2 atom stereocenters. The van der Waals surface area contributed by atoms with Crippen LogP contribution in [0, 0.1) is 0 Å². The summed E-state index contributed by atoms with van der Waals surface area (Å²) in [6.45, 7) is 10.4. The summed E-state index contributed by atoms with van der Waals surface area (Å²) >= 11 is 0. The predicted octanol–water partition coefficient (Wildman–Crippen LogP) is 6.73. The van der Waals surface area contributed by atoms with Crippen molar-refractivity contribution in [2.75, 3.05) is 13.2 Å². The highest BCUT2D eigenvalue weighted by Gasteiger charge is 2.39. The van der Waals surface area contributed by atoms with Crippen molar-refractivity contribution in [2.24, 2.45) is 0 Å². The molecule has 2 unspecified atom stereocenters. The zero-order chi connectivity index (χ0) is 25.4. The summed E-state index contributed by atoms with van der Waals surface area (Å²) < 4.78 is 86.1. The van der Waals surface area contributed by atoms with Gasteiger partial charge in [-0.25, -0.2) is 9.59 Å². The Morgan fingerprint density at radius 1 is 0.688 bits per heavy atom. The minimum absolute atomic E-state index is 0.0660. The molecule has 32 heavy (non-hydrogen) atoms. The highest BCUT2D eigenvalue weighted by Crippen LogP contribution is 2.38. The van der Waals surface area contributed by atoms with Crippen LogP contribution in [0.1, 0.15) is 25.7 Å². The molecule has 0 aromatic carbocycles. The molecule has 0 aromatic heterocycles. The summed E-state index contributed by atoms with van der Waals surface area (Å²) in [6.07, 6.45) is -8.75. The number of hydrogen-bond donors (Lipinski definition) is 0. The van der Waals surface area contributed by atoms with Gasteiger partial charge in [-0.1, -0.05) is 39.3 Å². The molecular formula is C20H34F6O4Si2. The van der Waals surface area contributed by atoms with E-state index in [1.807, 2.05) is 39.3 Å². The van der Waals surface area contributed by atoms with Gasteiger partial charge in [-0.15, -0.1) is 0 Å². The van der Waals surface area contributed by atoms with E-state index >= 15 is 0 Å². The number of carbonyl (C=O) groups excluding carboxylic acids is 2. The van der Waals surface area contributed by atoms with Crippen molar-refractivity contribution in [2.45, 2.75) is 88.4 Å². The van der Waals surface area contributed by atoms with Crippen LogP contribution in [-0.2, 0) is 19.1 Å². The fraction of sp³-hybridized carbons (Fsp3) is 0.800. The van der Waals surface area contributed by atoms with Gasteiger partial charge in [0, 0.05) is 41.1 Å². The van der Waals surface area contributed by atoms with Gasteiger partial charge >= 0.3 is 24.3 Å². The van der Waals surface area contributed by atoms with Gasteiger partial charge in [0.2, 0.25) is 0 Å². The number of rotatable bonds is 12. The van der Waals surface area contributed by atoms with Gasteiger partial charge in [-0.05, 0) is 23.9 Å². The first-order valence-electron chi connectivity index (χ1n) is 10.4. The fourth-order valence-electron chi connectivity index (χ4n) is 3.08. The molecule has 0 aromatic rings. The third kappa shape index (κ3) is 15.5. The first kappa shape index (κ1) is 30.7. The molecule has 0 amide bonds. The van der Waals surface area contributed by atoms with Crippen molar-refractivity contribution in [3.63, 3.8) is 0 Å². The van der Waals surface area contributed by atoms with E-state index in [4.69, 9.17) is 9.47 Å². The van der Waals surface area contributed by atoms with Gasteiger partial charge < -0.3 is 9.47 Å². The number of ether oxygens (including phenoxy) is 2. The fourth-order valence-corrected chi connectivity index (χ4v) is 6.73. The topological polar surface area (TPSA) is 52.6 Å². The summed E-state index contributed by atoms with van der Waals surface area (Å²) in [5.41, 5.74) is -1.22. The highest BCUT2D eigenvalue weighted by molar-refractivity contribution is 6.77. The maximum Gasteiger partial charge on any atom is 0.389 e. The van der Waals surface area contributed by atoms with Crippen LogP contribution >= 0.6 is 0 Å². The lowest BCUT2D eigenvalue weighted by atomic mass is 10.2. The predicted molar refractivity (Wildman–Crippen MR) is 116 cm³/mol. The SMILES string of the molecule is C[Si](C)(C)C(CCOC(=O)/C=C/C(=O)OCCC(CC(F)(F)F)[Si](C)(C)C)CC(F)(F)F. The van der Waals surface area contributed by atoms with Gasteiger partial charge in [0.1, 0.15) is 0 Å². The van der Waals surface area contributed by atoms with E-state index in [1.54, 1.807) is 0 Å². The Balaban J connectivity index is 4.51. The molecule has 12 heteroatoms. The first-order valence-corrected chi connectivity index (χ1v) is 17.5. The maximum absolute atomic E-state index is 12.7. The molecule has 0 spiro atoms. The normalized spacial score (nSPS) is 15.5. The number of halogens is 6. The van der Waals surface area contributed by atoms with Crippen LogP contribution in [0.2, 0.25) is 50.4 Å². The minimum atomic E-state index is -4.30. The van der Waals surface area contributed by atoms with Crippen LogP contribution in [0.25, 0.3) is 0 Å². The lowest BCUT2D eigenvalue weighted by Gasteiger charge is -2.29. The Morgan fingerprint density at radius 3 is 1.19 bits per heavy atom. The average Bonchev–Trinajstić information content (AvgIpc) is 2.54. The summed E-state index contributed by atoms with van der Waals surface area (Å²) in [5, 5.41) is 0. The monoisotopic (exact) mass is 508 g/mol. The van der Waals surface area contributed by atoms with E-state index in [1.165, 1.54) is 0 Å². The second-order valence-electron chi connectivity index (χ2n) is 10.0. The molecule has 0 heterocycles. The molecule has 0 bridgehead atoms. The van der Waals surface area contributed by atoms with E-state index in [0.717, 1.165) is 12.2 Å². The standard InChI is InChI=1S/C20H34F6O4Si2/c1-31(2,3)15(13-19(21,22)23)9-11-29-17(27)7-8-18(28)30-12-10-16(32(4,5)6)14-20(24,25)26/h7-8,15-16H,9-14H2,1-6H3/b8-7+. The Labute approximate surface area is 187 Å². The minimum Gasteiger partial charge on any atom is -0.463 e. The Bertz CT molecular complexity index is 580. The summed E-state index contributed by atoms with van der Waals surface area (Å²) in [6, 6.07) is 0. The van der Waals surface area contributed by atoms with Crippen LogP contribution in [0.3, 0.4) is 0 Å². The van der Waals surface area contributed by atoms with Crippen molar-refractivity contribution in [3.05, 3.63) is 12.2 Å². The third-order valence-corrected chi connectivity index (χ3v) is 11.1. The van der Waals surface area contributed by atoms with E-state index in [0.29, 0.717) is 0 Å². The van der Waals surface area contributed by atoms with Gasteiger partial charge in [0.15, 0.2) is 0 Å². The summed E-state index contributed by atoms with van der Waals surface area (Å²) in [7, 11) is -4.26. The molecule has 0 aliphatic heterocycles. The number of carbonyl (C=O) groups is 2. The second kappa shape index (κ2) is 12.2.